The van der Waals surface area contributed by atoms with Crippen molar-refractivity contribution in [3.63, 3.8) is 0 Å². The summed E-state index contributed by atoms with van der Waals surface area (Å²) in [6, 6.07) is 13.3. The summed E-state index contributed by atoms with van der Waals surface area (Å²) in [6.07, 6.45) is 0. The summed E-state index contributed by atoms with van der Waals surface area (Å²) in [7, 11) is 4.01. The number of nitrogens with zero attached hydrogens (tertiary/aromatic N) is 5. The third-order valence-corrected chi connectivity index (χ3v) is 5.48. The molecule has 1 heterocycles. The average Bonchev–Trinajstić information content (AvgIpc) is 3.09. The minimum Gasteiger partial charge on any atom is -0.378 e. The van der Waals surface area contributed by atoms with E-state index in [4.69, 9.17) is 0 Å². The number of aryl methyl sites for hydroxylation is 1. The molecule has 0 aliphatic carbocycles. The van der Waals surface area contributed by atoms with Crippen LogP contribution in [0.4, 0.5) is 11.4 Å². The van der Waals surface area contributed by atoms with Crippen LogP contribution in [-0.4, -0.2) is 33.8 Å². The summed E-state index contributed by atoms with van der Waals surface area (Å²) < 4.78 is 2.04. The van der Waals surface area contributed by atoms with Gasteiger partial charge in [0.1, 0.15) is 0 Å². The molecule has 1 aromatic heterocycles. The first kappa shape index (κ1) is 19.9. The Morgan fingerprint density at radius 1 is 1.14 bits per heavy atom. The van der Waals surface area contributed by atoms with E-state index in [0.717, 1.165) is 34.3 Å². The summed E-state index contributed by atoms with van der Waals surface area (Å²) in [6.45, 7) is 4.69. The average molecular weight is 398 g/mol. The molecule has 0 radical (unpaired) electrons. The molecule has 28 heavy (non-hydrogen) atoms. The van der Waals surface area contributed by atoms with Gasteiger partial charge in [-0.05, 0) is 44.2 Å². The SMILES string of the molecule is CCn1c(SCc2cc(C)ccc2[N+](=O)[O-])nnc1-c1ccc(N(C)C)cc1. The zero-order valence-corrected chi connectivity index (χ0v) is 17.2. The molecule has 7 nitrogen and oxygen atoms in total. The number of nitro groups is 1. The van der Waals surface area contributed by atoms with E-state index in [1.54, 1.807) is 12.1 Å². The van der Waals surface area contributed by atoms with E-state index in [1.165, 1.54) is 11.8 Å². The molecule has 0 unspecified atom stereocenters. The predicted octanol–water partition coefficient (Wildman–Crippen LogP) is 4.54. The van der Waals surface area contributed by atoms with Gasteiger partial charge in [0.25, 0.3) is 5.69 Å². The van der Waals surface area contributed by atoms with Crippen LogP contribution in [0.5, 0.6) is 0 Å². The van der Waals surface area contributed by atoms with Crippen molar-refractivity contribution in [1.29, 1.82) is 0 Å². The lowest BCUT2D eigenvalue weighted by Crippen LogP contribution is -2.08. The standard InChI is InChI=1S/C20H23N5O2S/c1-5-24-19(15-7-9-17(10-8-15)23(3)4)21-22-20(24)28-13-16-12-14(2)6-11-18(16)25(26)27/h6-12H,5,13H2,1-4H3. The van der Waals surface area contributed by atoms with E-state index in [9.17, 15) is 10.1 Å². The van der Waals surface area contributed by atoms with Crippen molar-refractivity contribution in [2.75, 3.05) is 19.0 Å². The Morgan fingerprint density at radius 2 is 1.86 bits per heavy atom. The van der Waals surface area contributed by atoms with Gasteiger partial charge in [0.15, 0.2) is 11.0 Å². The smallest absolute Gasteiger partial charge is 0.273 e. The Hall–Kier alpha value is -2.87. The fourth-order valence-corrected chi connectivity index (χ4v) is 3.94. The lowest BCUT2D eigenvalue weighted by atomic mass is 10.1. The molecule has 0 aliphatic heterocycles. The quantitative estimate of drug-likeness (QED) is 0.331. The molecule has 0 saturated heterocycles. The fraction of sp³-hybridized carbons (Fsp3) is 0.300. The van der Waals surface area contributed by atoms with Crippen LogP contribution in [0.1, 0.15) is 18.1 Å². The minimum absolute atomic E-state index is 0.139. The van der Waals surface area contributed by atoms with Crippen molar-refractivity contribution in [3.05, 3.63) is 63.7 Å². The molecule has 0 spiro atoms. The summed E-state index contributed by atoms with van der Waals surface area (Å²) in [5.74, 6) is 1.27. The van der Waals surface area contributed by atoms with Crippen LogP contribution in [-0.2, 0) is 12.3 Å². The monoisotopic (exact) mass is 397 g/mol. The Bertz CT molecular complexity index is 983. The molecule has 0 amide bonds. The highest BCUT2D eigenvalue weighted by atomic mass is 32.2. The molecular weight excluding hydrogens is 374 g/mol. The van der Waals surface area contributed by atoms with Gasteiger partial charge in [0.05, 0.1) is 4.92 Å². The number of rotatable bonds is 7. The van der Waals surface area contributed by atoms with E-state index in [1.807, 2.05) is 67.7 Å². The molecule has 0 atom stereocenters. The maximum absolute atomic E-state index is 11.3. The largest absolute Gasteiger partial charge is 0.378 e. The highest BCUT2D eigenvalue weighted by Crippen LogP contribution is 2.30. The van der Waals surface area contributed by atoms with E-state index in [-0.39, 0.29) is 10.6 Å². The van der Waals surface area contributed by atoms with E-state index in [2.05, 4.69) is 10.2 Å². The Morgan fingerprint density at radius 3 is 2.46 bits per heavy atom. The third-order valence-electron chi connectivity index (χ3n) is 4.46. The second-order valence-electron chi connectivity index (χ2n) is 6.67. The first-order valence-corrected chi connectivity index (χ1v) is 9.97. The highest BCUT2D eigenvalue weighted by molar-refractivity contribution is 7.98. The van der Waals surface area contributed by atoms with Crippen molar-refractivity contribution < 1.29 is 4.92 Å². The predicted molar refractivity (Wildman–Crippen MR) is 113 cm³/mol. The first-order chi connectivity index (χ1) is 13.4. The van der Waals surface area contributed by atoms with E-state index < -0.39 is 0 Å². The van der Waals surface area contributed by atoms with Gasteiger partial charge < -0.3 is 9.47 Å². The second kappa shape index (κ2) is 8.43. The van der Waals surface area contributed by atoms with E-state index in [0.29, 0.717) is 11.3 Å². The van der Waals surface area contributed by atoms with Gasteiger partial charge in [0, 0.05) is 49.3 Å². The summed E-state index contributed by atoms with van der Waals surface area (Å²) in [5.41, 5.74) is 3.94. The number of hydrogen-bond acceptors (Lipinski definition) is 6. The number of thioether (sulfide) groups is 1. The molecule has 0 N–H and O–H groups in total. The van der Waals surface area contributed by atoms with Crippen LogP contribution in [0, 0.1) is 17.0 Å². The topological polar surface area (TPSA) is 77.1 Å². The van der Waals surface area contributed by atoms with Gasteiger partial charge in [-0.25, -0.2) is 0 Å². The molecule has 0 aliphatic rings. The Labute approximate surface area is 168 Å². The Balaban J connectivity index is 1.85. The normalized spacial score (nSPS) is 10.9. The molecule has 0 fully saturated rings. The van der Waals surface area contributed by atoms with Gasteiger partial charge in [-0.1, -0.05) is 23.4 Å². The lowest BCUT2D eigenvalue weighted by molar-refractivity contribution is -0.385. The van der Waals surface area contributed by atoms with Gasteiger partial charge in [-0.3, -0.25) is 10.1 Å². The Kier molecular flexibility index (Phi) is 5.99. The summed E-state index contributed by atoms with van der Waals surface area (Å²) >= 11 is 1.47. The number of nitro benzene ring substituents is 1. The summed E-state index contributed by atoms with van der Waals surface area (Å²) in [5, 5.41) is 20.7. The molecule has 3 aromatic rings. The lowest BCUT2D eigenvalue weighted by Gasteiger charge is -2.13. The van der Waals surface area contributed by atoms with Crippen LogP contribution in [0.3, 0.4) is 0 Å². The number of aromatic nitrogens is 3. The van der Waals surface area contributed by atoms with Gasteiger partial charge >= 0.3 is 0 Å². The van der Waals surface area contributed by atoms with E-state index >= 15 is 0 Å². The number of anilines is 1. The molecule has 3 rings (SSSR count). The number of hydrogen-bond donors (Lipinski definition) is 0. The molecule has 8 heteroatoms. The van der Waals surface area contributed by atoms with Crippen molar-refractivity contribution in [1.82, 2.24) is 14.8 Å². The van der Waals surface area contributed by atoms with Gasteiger partial charge in [0.2, 0.25) is 0 Å². The van der Waals surface area contributed by atoms with Crippen LogP contribution >= 0.6 is 11.8 Å². The highest BCUT2D eigenvalue weighted by Gasteiger charge is 2.17. The molecule has 0 saturated carbocycles. The van der Waals surface area contributed by atoms with Crippen LogP contribution in [0.25, 0.3) is 11.4 Å². The van der Waals surface area contributed by atoms with Gasteiger partial charge in [-0.15, -0.1) is 10.2 Å². The van der Waals surface area contributed by atoms with Crippen molar-refractivity contribution in [3.8, 4) is 11.4 Å². The molecule has 2 aromatic carbocycles. The van der Waals surface area contributed by atoms with Crippen LogP contribution in [0.15, 0.2) is 47.6 Å². The second-order valence-corrected chi connectivity index (χ2v) is 7.61. The maximum atomic E-state index is 11.3. The molecule has 146 valence electrons. The minimum atomic E-state index is -0.336. The van der Waals surface area contributed by atoms with Crippen LogP contribution < -0.4 is 4.90 Å². The molecular formula is C20H23N5O2S. The maximum Gasteiger partial charge on any atom is 0.273 e. The first-order valence-electron chi connectivity index (χ1n) is 8.98. The zero-order valence-electron chi connectivity index (χ0n) is 16.4. The van der Waals surface area contributed by atoms with Gasteiger partial charge in [-0.2, -0.15) is 0 Å². The fourth-order valence-electron chi connectivity index (χ4n) is 2.95. The van der Waals surface area contributed by atoms with Crippen molar-refractivity contribution in [2.24, 2.45) is 0 Å². The number of benzene rings is 2. The third kappa shape index (κ3) is 4.17. The molecule has 0 bridgehead atoms. The van der Waals surface area contributed by atoms with Crippen molar-refractivity contribution in [2.45, 2.75) is 31.3 Å². The van der Waals surface area contributed by atoms with Crippen LogP contribution in [0.2, 0.25) is 0 Å². The van der Waals surface area contributed by atoms with Crippen molar-refractivity contribution >= 4 is 23.1 Å². The zero-order chi connectivity index (χ0) is 20.3. The summed E-state index contributed by atoms with van der Waals surface area (Å²) in [4.78, 5) is 13.0.